The summed E-state index contributed by atoms with van der Waals surface area (Å²) in [7, 11) is 1.71. The summed E-state index contributed by atoms with van der Waals surface area (Å²) >= 11 is 0. The number of carboxylic acid groups (broad SMARTS) is 1. The van der Waals surface area contributed by atoms with E-state index in [0.717, 1.165) is 49.8 Å². The van der Waals surface area contributed by atoms with Gasteiger partial charge < -0.3 is 9.84 Å². The first-order valence-corrected chi connectivity index (χ1v) is 11.1. The normalized spacial score (nSPS) is 17.3. The Kier molecular flexibility index (Phi) is 7.01. The van der Waals surface area contributed by atoms with E-state index in [1.807, 2.05) is 18.3 Å². The maximum Gasteiger partial charge on any atom is 0.490 e. The average molecular weight is 477 g/mol. The van der Waals surface area contributed by atoms with Gasteiger partial charge in [-0.2, -0.15) is 13.2 Å². The average Bonchev–Trinajstić information content (AvgIpc) is 3.59. The van der Waals surface area contributed by atoms with Crippen molar-refractivity contribution in [3.8, 4) is 5.75 Å². The minimum absolute atomic E-state index is 0.461. The second kappa shape index (κ2) is 9.96. The lowest BCUT2D eigenvalue weighted by Crippen LogP contribution is -2.33. The van der Waals surface area contributed by atoms with Crippen LogP contribution in [0, 0.1) is 0 Å². The van der Waals surface area contributed by atoms with E-state index in [2.05, 4.69) is 42.8 Å². The number of nitrogens with zero attached hydrogens (tertiary/aromatic N) is 5. The Balaban J connectivity index is 0.000000344. The molecule has 0 amide bonds. The predicted molar refractivity (Wildman–Crippen MR) is 117 cm³/mol. The largest absolute Gasteiger partial charge is 0.497 e. The molecule has 1 aromatic carbocycles. The van der Waals surface area contributed by atoms with Crippen LogP contribution in [0.1, 0.15) is 54.5 Å². The van der Waals surface area contributed by atoms with Gasteiger partial charge in [-0.25, -0.2) is 9.78 Å². The number of rotatable bonds is 5. The van der Waals surface area contributed by atoms with Crippen molar-refractivity contribution in [1.29, 1.82) is 0 Å². The lowest BCUT2D eigenvalue weighted by molar-refractivity contribution is -0.192. The zero-order chi connectivity index (χ0) is 24.3. The number of methoxy groups -OCH3 is 1. The molecule has 1 saturated heterocycles. The van der Waals surface area contributed by atoms with E-state index < -0.39 is 12.1 Å². The van der Waals surface area contributed by atoms with Gasteiger partial charge >= 0.3 is 12.1 Å². The second-order valence-corrected chi connectivity index (χ2v) is 8.59. The van der Waals surface area contributed by atoms with Crippen molar-refractivity contribution in [1.82, 2.24) is 24.5 Å². The van der Waals surface area contributed by atoms with Crippen molar-refractivity contribution < 1.29 is 27.8 Å². The van der Waals surface area contributed by atoms with Gasteiger partial charge in [-0.15, -0.1) is 10.2 Å². The van der Waals surface area contributed by atoms with Gasteiger partial charge in [-0.1, -0.05) is 12.1 Å². The molecular formula is C23H26F3N5O3. The highest BCUT2D eigenvalue weighted by molar-refractivity contribution is 5.73. The van der Waals surface area contributed by atoms with Crippen molar-refractivity contribution >= 4 is 11.7 Å². The van der Waals surface area contributed by atoms with Gasteiger partial charge in [-0.05, 0) is 68.0 Å². The van der Waals surface area contributed by atoms with Gasteiger partial charge in [0.05, 0.1) is 7.11 Å². The van der Waals surface area contributed by atoms with Crippen molar-refractivity contribution in [3.05, 3.63) is 53.6 Å². The molecule has 2 fully saturated rings. The molecular weight excluding hydrogens is 451 g/mol. The molecule has 1 aliphatic heterocycles. The van der Waals surface area contributed by atoms with Crippen LogP contribution in [-0.2, 0) is 11.3 Å². The van der Waals surface area contributed by atoms with Crippen molar-refractivity contribution in [2.75, 3.05) is 20.2 Å². The first-order valence-electron chi connectivity index (χ1n) is 11.1. The van der Waals surface area contributed by atoms with Crippen LogP contribution in [0.2, 0.25) is 0 Å². The van der Waals surface area contributed by atoms with Crippen molar-refractivity contribution in [2.45, 2.75) is 50.2 Å². The maximum atomic E-state index is 10.6. The van der Waals surface area contributed by atoms with Crippen LogP contribution in [0.5, 0.6) is 5.75 Å². The van der Waals surface area contributed by atoms with Crippen LogP contribution >= 0.6 is 0 Å². The van der Waals surface area contributed by atoms with Gasteiger partial charge in [-0.3, -0.25) is 9.30 Å². The molecule has 0 radical (unpaired) electrons. The first-order chi connectivity index (χ1) is 16.2. The molecule has 1 N–H and O–H groups in total. The highest BCUT2D eigenvalue weighted by atomic mass is 19.4. The second-order valence-electron chi connectivity index (χ2n) is 8.59. The fourth-order valence-corrected chi connectivity index (χ4v) is 4.07. The molecule has 1 aliphatic carbocycles. The van der Waals surface area contributed by atoms with E-state index >= 15 is 0 Å². The number of alkyl halides is 3. The molecule has 0 bridgehead atoms. The number of halogens is 3. The van der Waals surface area contributed by atoms with Gasteiger partial charge in [0.1, 0.15) is 11.6 Å². The summed E-state index contributed by atoms with van der Waals surface area (Å²) in [6, 6.07) is 8.38. The molecule has 11 heteroatoms. The Labute approximate surface area is 194 Å². The number of ether oxygens (including phenoxy) is 1. The molecule has 0 spiro atoms. The number of hydrogen-bond donors (Lipinski definition) is 1. The molecule has 3 heterocycles. The molecule has 1 saturated carbocycles. The van der Waals surface area contributed by atoms with E-state index in [-0.39, 0.29) is 0 Å². The number of aliphatic carboxylic acids is 1. The topological polar surface area (TPSA) is 92.9 Å². The molecule has 0 atom stereocenters. The smallest absolute Gasteiger partial charge is 0.490 e. The summed E-state index contributed by atoms with van der Waals surface area (Å²) in [6.07, 6.45) is 3.92. The lowest BCUT2D eigenvalue weighted by atomic mass is 9.95. The standard InChI is InChI=1S/C21H25N5O.C2HF3O2/c1-27-19-6-2-15(3-7-19)13-25-10-8-17(9-11-25)20-23-24-21-22-12-18(14-26(20)21)16-4-5-16;3-2(4,5)1(6)7/h2-3,6-7,12,14,16-17H,4-5,8-11,13H2,1H3;(H,6,7). The van der Waals surface area contributed by atoms with E-state index in [4.69, 9.17) is 14.6 Å². The summed E-state index contributed by atoms with van der Waals surface area (Å²) in [5.74, 6) is 1.13. The Morgan fingerprint density at radius 2 is 1.74 bits per heavy atom. The van der Waals surface area contributed by atoms with Gasteiger partial charge in [0.2, 0.25) is 0 Å². The molecule has 2 aliphatic rings. The highest BCUT2D eigenvalue weighted by Crippen LogP contribution is 2.40. The minimum Gasteiger partial charge on any atom is -0.497 e. The number of carboxylic acids is 1. The minimum atomic E-state index is -5.08. The zero-order valence-corrected chi connectivity index (χ0v) is 18.7. The summed E-state index contributed by atoms with van der Waals surface area (Å²) in [5.41, 5.74) is 2.67. The van der Waals surface area contributed by atoms with Crippen molar-refractivity contribution in [2.24, 2.45) is 0 Å². The first kappa shape index (κ1) is 23.9. The van der Waals surface area contributed by atoms with Crippen molar-refractivity contribution in [3.63, 3.8) is 0 Å². The van der Waals surface area contributed by atoms with E-state index in [9.17, 15) is 13.2 Å². The van der Waals surface area contributed by atoms with Crippen LogP contribution in [0.3, 0.4) is 0 Å². The van der Waals surface area contributed by atoms with Crippen LogP contribution in [0.4, 0.5) is 13.2 Å². The molecule has 5 rings (SSSR count). The molecule has 34 heavy (non-hydrogen) atoms. The maximum absolute atomic E-state index is 10.6. The summed E-state index contributed by atoms with van der Waals surface area (Å²) in [5, 5.41) is 15.9. The Morgan fingerprint density at radius 3 is 2.29 bits per heavy atom. The van der Waals surface area contributed by atoms with E-state index in [1.165, 1.54) is 24.0 Å². The summed E-state index contributed by atoms with van der Waals surface area (Å²) < 4.78 is 39.1. The third-order valence-electron chi connectivity index (χ3n) is 6.12. The van der Waals surface area contributed by atoms with Crippen LogP contribution in [-0.4, -0.2) is 61.9 Å². The van der Waals surface area contributed by atoms with E-state index in [0.29, 0.717) is 11.8 Å². The Morgan fingerprint density at radius 1 is 1.09 bits per heavy atom. The molecule has 0 unspecified atom stereocenters. The highest BCUT2D eigenvalue weighted by Gasteiger charge is 2.38. The van der Waals surface area contributed by atoms with Gasteiger partial charge in [0.25, 0.3) is 5.78 Å². The lowest BCUT2D eigenvalue weighted by Gasteiger charge is -2.31. The number of piperidine rings is 1. The number of carbonyl (C=O) groups is 1. The number of likely N-dealkylation sites (tertiary alicyclic amines) is 1. The number of aromatic nitrogens is 4. The molecule has 3 aromatic rings. The number of benzene rings is 1. The van der Waals surface area contributed by atoms with Crippen LogP contribution in [0.15, 0.2) is 36.7 Å². The molecule has 8 nitrogen and oxygen atoms in total. The van der Waals surface area contributed by atoms with Crippen LogP contribution < -0.4 is 4.74 Å². The number of fused-ring (bicyclic) bond motifs is 1. The Hall–Kier alpha value is -3.21. The molecule has 182 valence electrons. The van der Waals surface area contributed by atoms with Crippen LogP contribution in [0.25, 0.3) is 5.78 Å². The van der Waals surface area contributed by atoms with E-state index in [1.54, 1.807) is 7.11 Å². The fraction of sp³-hybridized carbons (Fsp3) is 0.478. The summed E-state index contributed by atoms with van der Waals surface area (Å²) in [4.78, 5) is 15.9. The summed E-state index contributed by atoms with van der Waals surface area (Å²) in [6.45, 7) is 3.16. The third-order valence-corrected chi connectivity index (χ3v) is 6.12. The zero-order valence-electron chi connectivity index (χ0n) is 18.7. The predicted octanol–water partition coefficient (Wildman–Crippen LogP) is 4.02. The SMILES string of the molecule is COc1ccc(CN2CCC(c3nnc4ncc(C5CC5)cn34)CC2)cc1.O=C(O)C(F)(F)F. The van der Waals surface area contributed by atoms with Gasteiger partial charge in [0.15, 0.2) is 0 Å². The molecule has 2 aromatic heterocycles. The Bertz CT molecular complexity index is 1120. The monoisotopic (exact) mass is 477 g/mol. The third kappa shape index (κ3) is 5.82. The number of hydrogen-bond acceptors (Lipinski definition) is 6. The fourth-order valence-electron chi connectivity index (χ4n) is 4.07. The van der Waals surface area contributed by atoms with Gasteiger partial charge in [0, 0.05) is 24.9 Å². The quantitative estimate of drug-likeness (QED) is 0.593.